The van der Waals surface area contributed by atoms with Gasteiger partial charge in [-0.3, -0.25) is 4.79 Å². The van der Waals surface area contributed by atoms with Crippen molar-refractivity contribution >= 4 is 44.8 Å². The Balaban J connectivity index is 1.59. The number of benzene rings is 2. The van der Waals surface area contributed by atoms with Gasteiger partial charge in [0.25, 0.3) is 0 Å². The second kappa shape index (κ2) is 7.55. The summed E-state index contributed by atoms with van der Waals surface area (Å²) in [5, 5.41) is 3.47. The lowest BCUT2D eigenvalue weighted by Crippen LogP contribution is -2.43. The maximum absolute atomic E-state index is 13.2. The van der Waals surface area contributed by atoms with Gasteiger partial charge in [-0.25, -0.2) is 8.42 Å². The largest absolute Gasteiger partial charge is 0.493 e. The van der Waals surface area contributed by atoms with E-state index in [0.29, 0.717) is 47.4 Å². The quantitative estimate of drug-likeness (QED) is 0.785. The Bertz CT molecular complexity index is 1040. The SMILES string of the molecule is O=C(Nc1cc(Cl)ccc1Cl)C1CCCN1S(=O)(=O)c1ccc2c(c1)CCO2. The van der Waals surface area contributed by atoms with Gasteiger partial charge < -0.3 is 10.1 Å². The molecule has 1 fully saturated rings. The molecule has 2 heterocycles. The summed E-state index contributed by atoms with van der Waals surface area (Å²) in [6.45, 7) is 0.839. The Morgan fingerprint density at radius 3 is 2.82 bits per heavy atom. The molecule has 0 bridgehead atoms. The van der Waals surface area contributed by atoms with Crippen molar-refractivity contribution in [3.63, 3.8) is 0 Å². The van der Waals surface area contributed by atoms with Crippen LogP contribution in [0.2, 0.25) is 10.0 Å². The van der Waals surface area contributed by atoms with Gasteiger partial charge in [-0.2, -0.15) is 4.31 Å². The van der Waals surface area contributed by atoms with Crippen molar-refractivity contribution in [2.45, 2.75) is 30.2 Å². The van der Waals surface area contributed by atoms with Gasteiger partial charge in [0.15, 0.2) is 0 Å². The van der Waals surface area contributed by atoms with Crippen LogP contribution in [0.25, 0.3) is 0 Å². The third-order valence-electron chi connectivity index (χ3n) is 4.96. The molecular formula is C19H18Cl2N2O4S. The van der Waals surface area contributed by atoms with Gasteiger partial charge in [-0.1, -0.05) is 23.2 Å². The average molecular weight is 441 g/mol. The summed E-state index contributed by atoms with van der Waals surface area (Å²) in [6, 6.07) is 8.77. The molecule has 0 radical (unpaired) electrons. The number of ether oxygens (including phenoxy) is 1. The van der Waals surface area contributed by atoms with Crippen molar-refractivity contribution in [1.82, 2.24) is 4.31 Å². The predicted molar refractivity (Wildman–Crippen MR) is 108 cm³/mol. The van der Waals surface area contributed by atoms with E-state index in [9.17, 15) is 13.2 Å². The van der Waals surface area contributed by atoms with Gasteiger partial charge in [0, 0.05) is 18.0 Å². The normalized spacial score (nSPS) is 19.3. The van der Waals surface area contributed by atoms with Gasteiger partial charge in [0.05, 0.1) is 22.2 Å². The number of amides is 1. The minimum absolute atomic E-state index is 0.178. The number of carbonyl (C=O) groups excluding carboxylic acids is 1. The molecule has 1 atom stereocenters. The number of nitrogens with zero attached hydrogens (tertiary/aromatic N) is 1. The van der Waals surface area contributed by atoms with Crippen molar-refractivity contribution in [2.75, 3.05) is 18.5 Å². The summed E-state index contributed by atoms with van der Waals surface area (Å²) in [5.41, 5.74) is 1.23. The van der Waals surface area contributed by atoms with Crippen LogP contribution >= 0.6 is 23.2 Å². The molecule has 9 heteroatoms. The Morgan fingerprint density at radius 1 is 1.18 bits per heavy atom. The average Bonchev–Trinajstić information content (AvgIpc) is 3.33. The van der Waals surface area contributed by atoms with Crippen LogP contribution in [0.5, 0.6) is 5.75 Å². The van der Waals surface area contributed by atoms with Crippen molar-refractivity contribution in [3.05, 3.63) is 52.0 Å². The highest BCUT2D eigenvalue weighted by Crippen LogP contribution is 2.32. The van der Waals surface area contributed by atoms with Crippen LogP contribution in [0.15, 0.2) is 41.3 Å². The van der Waals surface area contributed by atoms with E-state index in [2.05, 4.69) is 5.32 Å². The van der Waals surface area contributed by atoms with Gasteiger partial charge >= 0.3 is 0 Å². The van der Waals surface area contributed by atoms with Crippen LogP contribution in [0.3, 0.4) is 0 Å². The molecule has 2 aliphatic rings. The highest BCUT2D eigenvalue weighted by Gasteiger charge is 2.40. The Kier molecular flexibility index (Phi) is 5.26. The van der Waals surface area contributed by atoms with Crippen molar-refractivity contribution in [3.8, 4) is 5.75 Å². The molecular weight excluding hydrogens is 423 g/mol. The molecule has 1 saturated heterocycles. The molecule has 0 spiro atoms. The second-order valence-corrected chi connectivity index (χ2v) is 9.49. The molecule has 1 N–H and O–H groups in total. The number of carbonyl (C=O) groups is 1. The number of sulfonamides is 1. The number of hydrogen-bond acceptors (Lipinski definition) is 4. The van der Waals surface area contributed by atoms with Crippen molar-refractivity contribution < 1.29 is 17.9 Å². The third-order valence-corrected chi connectivity index (χ3v) is 7.43. The maximum Gasteiger partial charge on any atom is 0.243 e. The molecule has 2 aromatic carbocycles. The second-order valence-electron chi connectivity index (χ2n) is 6.76. The number of anilines is 1. The summed E-state index contributed by atoms with van der Waals surface area (Å²) >= 11 is 12.1. The van der Waals surface area contributed by atoms with Crippen LogP contribution in [-0.2, 0) is 21.2 Å². The summed E-state index contributed by atoms with van der Waals surface area (Å²) in [6.07, 6.45) is 1.72. The minimum Gasteiger partial charge on any atom is -0.493 e. The standard InChI is InChI=1S/C19H18Cl2N2O4S/c20-13-3-5-15(21)16(11-13)22-19(24)17-2-1-8-23(17)28(25,26)14-4-6-18-12(10-14)7-9-27-18/h3-6,10-11,17H,1-2,7-9H2,(H,22,24). The lowest BCUT2D eigenvalue weighted by atomic mass is 10.2. The van der Waals surface area contributed by atoms with E-state index in [1.165, 1.54) is 16.4 Å². The molecule has 4 rings (SSSR count). The summed E-state index contributed by atoms with van der Waals surface area (Å²) in [4.78, 5) is 13.0. The number of fused-ring (bicyclic) bond motifs is 1. The van der Waals surface area contributed by atoms with Crippen molar-refractivity contribution in [1.29, 1.82) is 0 Å². The molecule has 0 aromatic heterocycles. The zero-order valence-electron chi connectivity index (χ0n) is 14.8. The molecule has 148 valence electrons. The molecule has 0 saturated carbocycles. The Labute approximate surface area is 173 Å². The summed E-state index contributed by atoms with van der Waals surface area (Å²) < 4.78 is 33.1. The maximum atomic E-state index is 13.2. The smallest absolute Gasteiger partial charge is 0.243 e. The van der Waals surface area contributed by atoms with Crippen LogP contribution in [0, 0.1) is 0 Å². The molecule has 28 heavy (non-hydrogen) atoms. The fourth-order valence-electron chi connectivity index (χ4n) is 3.56. The third kappa shape index (κ3) is 3.59. The van der Waals surface area contributed by atoms with E-state index in [1.807, 2.05) is 0 Å². The number of nitrogens with one attached hydrogen (secondary N) is 1. The van der Waals surface area contributed by atoms with Crippen LogP contribution < -0.4 is 10.1 Å². The first-order valence-electron chi connectivity index (χ1n) is 8.90. The molecule has 2 aliphatic heterocycles. The van der Waals surface area contributed by atoms with E-state index < -0.39 is 22.0 Å². The van der Waals surface area contributed by atoms with Crippen molar-refractivity contribution in [2.24, 2.45) is 0 Å². The van der Waals surface area contributed by atoms with E-state index >= 15 is 0 Å². The van der Waals surface area contributed by atoms with E-state index in [4.69, 9.17) is 27.9 Å². The fourth-order valence-corrected chi connectivity index (χ4v) is 5.60. The monoisotopic (exact) mass is 440 g/mol. The topological polar surface area (TPSA) is 75.7 Å². The number of hydrogen-bond donors (Lipinski definition) is 1. The van der Waals surface area contributed by atoms with Gasteiger partial charge in [-0.05, 0) is 54.8 Å². The molecule has 1 unspecified atom stereocenters. The van der Waals surface area contributed by atoms with E-state index in [-0.39, 0.29) is 11.4 Å². The highest BCUT2D eigenvalue weighted by molar-refractivity contribution is 7.89. The van der Waals surface area contributed by atoms with E-state index in [0.717, 1.165) is 5.56 Å². The Hall–Kier alpha value is -1.80. The molecule has 1 amide bonds. The Morgan fingerprint density at radius 2 is 2.00 bits per heavy atom. The van der Waals surface area contributed by atoms with Crippen LogP contribution in [-0.4, -0.2) is 37.8 Å². The van der Waals surface area contributed by atoms with E-state index in [1.54, 1.807) is 24.3 Å². The summed E-state index contributed by atoms with van der Waals surface area (Å²) in [7, 11) is -3.81. The minimum atomic E-state index is -3.81. The number of rotatable bonds is 4. The van der Waals surface area contributed by atoms with Gasteiger partial charge in [0.2, 0.25) is 15.9 Å². The van der Waals surface area contributed by atoms with Gasteiger partial charge in [-0.15, -0.1) is 0 Å². The van der Waals surface area contributed by atoms with Gasteiger partial charge in [0.1, 0.15) is 11.8 Å². The highest BCUT2D eigenvalue weighted by atomic mass is 35.5. The van der Waals surface area contributed by atoms with Crippen LogP contribution in [0.1, 0.15) is 18.4 Å². The first kappa shape index (κ1) is 19.5. The molecule has 0 aliphatic carbocycles. The summed E-state index contributed by atoms with van der Waals surface area (Å²) in [5.74, 6) is 0.292. The van der Waals surface area contributed by atoms with Crippen LogP contribution in [0.4, 0.5) is 5.69 Å². The fraction of sp³-hybridized carbons (Fsp3) is 0.316. The molecule has 6 nitrogen and oxygen atoms in total. The number of halogens is 2. The zero-order valence-corrected chi connectivity index (χ0v) is 17.1. The predicted octanol–water partition coefficient (Wildman–Crippen LogP) is 3.72. The molecule has 2 aromatic rings. The first-order chi connectivity index (χ1) is 13.4. The zero-order chi connectivity index (χ0) is 19.9. The lowest BCUT2D eigenvalue weighted by molar-refractivity contribution is -0.119. The first-order valence-corrected chi connectivity index (χ1v) is 11.1. The lowest BCUT2D eigenvalue weighted by Gasteiger charge is -2.24.